The molecule has 0 radical (unpaired) electrons. The average molecular weight is 505 g/mol. The third kappa shape index (κ3) is 5.81. The summed E-state index contributed by atoms with van der Waals surface area (Å²) in [6.07, 6.45) is 6.75. The molecule has 0 aliphatic heterocycles. The summed E-state index contributed by atoms with van der Waals surface area (Å²) in [4.78, 5) is 17.0. The van der Waals surface area contributed by atoms with Crippen molar-refractivity contribution in [1.82, 2.24) is 19.9 Å². The molecule has 5 rings (SSSR count). The Morgan fingerprint density at radius 3 is 2.54 bits per heavy atom. The molecule has 1 fully saturated rings. The third-order valence-electron chi connectivity index (χ3n) is 7.57. The minimum absolute atomic E-state index is 0.175. The highest BCUT2D eigenvalue weighted by atomic mass is 16.6. The Morgan fingerprint density at radius 1 is 1.19 bits per heavy atom. The fourth-order valence-electron chi connectivity index (χ4n) is 5.44. The maximum absolute atomic E-state index is 12.2. The first-order valence-corrected chi connectivity index (χ1v) is 13.6. The number of carbonyl (C=O) groups is 1. The van der Waals surface area contributed by atoms with Crippen LogP contribution in [0.5, 0.6) is 0 Å². The van der Waals surface area contributed by atoms with E-state index in [2.05, 4.69) is 49.7 Å². The number of hydrogen-bond acceptors (Lipinski definition) is 6. The maximum atomic E-state index is 12.2. The van der Waals surface area contributed by atoms with Crippen molar-refractivity contribution < 1.29 is 14.1 Å². The van der Waals surface area contributed by atoms with Crippen molar-refractivity contribution in [2.24, 2.45) is 11.3 Å². The van der Waals surface area contributed by atoms with Crippen LogP contribution in [0, 0.1) is 25.2 Å². The van der Waals surface area contributed by atoms with Gasteiger partial charge in [0.25, 0.3) is 5.89 Å². The molecule has 2 aromatic heterocycles. The zero-order chi connectivity index (χ0) is 26.5. The molecule has 0 saturated heterocycles. The van der Waals surface area contributed by atoms with Crippen molar-refractivity contribution in [3.63, 3.8) is 0 Å². The largest absolute Gasteiger partial charge is 0.460 e. The molecule has 1 saturated carbocycles. The summed E-state index contributed by atoms with van der Waals surface area (Å²) in [6.45, 7) is 15.5. The quantitative estimate of drug-likeness (QED) is 0.346. The van der Waals surface area contributed by atoms with E-state index in [0.717, 1.165) is 59.7 Å². The van der Waals surface area contributed by atoms with Crippen LogP contribution in [-0.2, 0) is 35.3 Å². The summed E-state index contributed by atoms with van der Waals surface area (Å²) in [6, 6.07) is 4.16. The fourth-order valence-corrected chi connectivity index (χ4v) is 5.44. The van der Waals surface area contributed by atoms with Gasteiger partial charge >= 0.3 is 5.97 Å². The molecule has 37 heavy (non-hydrogen) atoms. The van der Waals surface area contributed by atoms with E-state index in [1.54, 1.807) is 0 Å². The zero-order valence-corrected chi connectivity index (χ0v) is 23.4. The van der Waals surface area contributed by atoms with Crippen molar-refractivity contribution in [2.45, 2.75) is 106 Å². The first-order chi connectivity index (χ1) is 17.4. The molecule has 0 atom stereocenters. The van der Waals surface area contributed by atoms with E-state index in [1.165, 1.54) is 24.1 Å². The maximum Gasteiger partial charge on any atom is 0.306 e. The number of carbonyl (C=O) groups excluding carboxylic acids is 1. The summed E-state index contributed by atoms with van der Waals surface area (Å²) < 4.78 is 13.5. The van der Waals surface area contributed by atoms with Crippen molar-refractivity contribution in [1.29, 1.82) is 0 Å². The monoisotopic (exact) mass is 504 g/mol. The Bertz CT molecular complexity index is 1300. The minimum atomic E-state index is -0.468. The van der Waals surface area contributed by atoms with Crippen LogP contribution in [0.25, 0.3) is 23.0 Å². The minimum Gasteiger partial charge on any atom is -0.460 e. The standard InChI is InChI=1S/C30H40N4O3/c1-18-14-21(15-19(2)22(18)10-11-25(35)36-29(3,4)5)27-31-28(37-33-27)26-23-12-13-30(6,7)16-24(23)34(32-26)17-20-8-9-20/h14-15,20H,8-13,16-17H2,1-7H3. The Balaban J connectivity index is 1.38. The van der Waals surface area contributed by atoms with Crippen LogP contribution in [0.2, 0.25) is 0 Å². The van der Waals surface area contributed by atoms with Gasteiger partial charge in [-0.3, -0.25) is 9.48 Å². The molecule has 3 aromatic rings. The second kappa shape index (κ2) is 9.41. The van der Waals surface area contributed by atoms with Gasteiger partial charge in [-0.25, -0.2) is 0 Å². The number of aryl methyl sites for hydroxylation is 2. The van der Waals surface area contributed by atoms with Crippen molar-refractivity contribution in [3.05, 3.63) is 40.1 Å². The first-order valence-electron chi connectivity index (χ1n) is 13.6. The highest BCUT2D eigenvalue weighted by molar-refractivity contribution is 5.70. The highest BCUT2D eigenvalue weighted by Gasteiger charge is 2.34. The molecule has 0 bridgehead atoms. The summed E-state index contributed by atoms with van der Waals surface area (Å²) in [5, 5.41) is 9.35. The molecular weight excluding hydrogens is 464 g/mol. The normalized spacial score (nSPS) is 17.1. The Labute approximate surface area is 220 Å². The van der Waals surface area contributed by atoms with Gasteiger partial charge in [0.15, 0.2) is 5.69 Å². The second-order valence-corrected chi connectivity index (χ2v) is 12.8. The van der Waals surface area contributed by atoms with E-state index in [4.69, 9.17) is 19.3 Å². The fraction of sp³-hybridized carbons (Fsp3) is 0.600. The number of aromatic nitrogens is 4. The first kappa shape index (κ1) is 25.7. The Morgan fingerprint density at radius 2 is 1.89 bits per heavy atom. The van der Waals surface area contributed by atoms with Gasteiger partial charge in [0.2, 0.25) is 5.82 Å². The summed E-state index contributed by atoms with van der Waals surface area (Å²) in [5.74, 6) is 1.65. The molecular formula is C30H40N4O3. The summed E-state index contributed by atoms with van der Waals surface area (Å²) in [7, 11) is 0. The lowest BCUT2D eigenvalue weighted by Crippen LogP contribution is -2.24. The topological polar surface area (TPSA) is 83.0 Å². The molecule has 0 unspecified atom stereocenters. The predicted molar refractivity (Wildman–Crippen MR) is 143 cm³/mol. The number of benzene rings is 1. The van der Waals surface area contributed by atoms with Gasteiger partial charge in [-0.1, -0.05) is 19.0 Å². The lowest BCUT2D eigenvalue weighted by molar-refractivity contribution is -0.154. The van der Waals surface area contributed by atoms with Gasteiger partial charge in [-0.05, 0) is 113 Å². The second-order valence-electron chi connectivity index (χ2n) is 12.8. The molecule has 2 heterocycles. The van der Waals surface area contributed by atoms with Crippen LogP contribution in [0.15, 0.2) is 16.7 Å². The lowest BCUT2D eigenvalue weighted by Gasteiger charge is -2.30. The molecule has 0 spiro atoms. The molecule has 7 nitrogen and oxygen atoms in total. The third-order valence-corrected chi connectivity index (χ3v) is 7.57. The van der Waals surface area contributed by atoms with Crippen LogP contribution in [0.4, 0.5) is 0 Å². The van der Waals surface area contributed by atoms with Crippen molar-refractivity contribution in [3.8, 4) is 23.0 Å². The van der Waals surface area contributed by atoms with E-state index in [1.807, 2.05) is 20.8 Å². The SMILES string of the molecule is Cc1cc(-c2noc(-c3nn(CC4CC4)c4c3CCC(C)(C)C4)n2)cc(C)c1CCC(=O)OC(C)(C)C. The van der Waals surface area contributed by atoms with Gasteiger partial charge in [0.05, 0.1) is 0 Å². The van der Waals surface area contributed by atoms with Crippen LogP contribution in [-0.4, -0.2) is 31.5 Å². The van der Waals surface area contributed by atoms with E-state index in [9.17, 15) is 4.79 Å². The number of esters is 1. The molecule has 2 aliphatic rings. The van der Waals surface area contributed by atoms with Crippen molar-refractivity contribution in [2.75, 3.05) is 0 Å². The number of fused-ring (bicyclic) bond motifs is 1. The van der Waals surface area contributed by atoms with Gasteiger partial charge in [0, 0.05) is 29.8 Å². The molecule has 7 heteroatoms. The van der Waals surface area contributed by atoms with Crippen LogP contribution < -0.4 is 0 Å². The summed E-state index contributed by atoms with van der Waals surface area (Å²) >= 11 is 0. The van der Waals surface area contributed by atoms with Crippen LogP contribution in [0.1, 0.15) is 88.2 Å². The number of hydrogen-bond donors (Lipinski definition) is 0. The zero-order valence-electron chi connectivity index (χ0n) is 23.4. The number of rotatable bonds is 7. The Kier molecular flexibility index (Phi) is 6.53. The highest BCUT2D eigenvalue weighted by Crippen LogP contribution is 2.40. The number of nitrogens with zero attached hydrogens (tertiary/aromatic N) is 4. The molecule has 0 amide bonds. The van der Waals surface area contributed by atoms with E-state index in [0.29, 0.717) is 24.6 Å². The smallest absolute Gasteiger partial charge is 0.306 e. The van der Waals surface area contributed by atoms with Crippen molar-refractivity contribution >= 4 is 5.97 Å². The number of ether oxygens (including phenoxy) is 1. The van der Waals surface area contributed by atoms with Crippen LogP contribution >= 0.6 is 0 Å². The summed E-state index contributed by atoms with van der Waals surface area (Å²) in [5.41, 5.74) is 7.59. The van der Waals surface area contributed by atoms with Gasteiger partial charge in [0.1, 0.15) is 5.60 Å². The lowest BCUT2D eigenvalue weighted by atomic mass is 9.76. The predicted octanol–water partition coefficient (Wildman–Crippen LogP) is 6.42. The Hall–Kier alpha value is -2.96. The van der Waals surface area contributed by atoms with E-state index < -0.39 is 5.60 Å². The molecule has 2 aliphatic carbocycles. The molecule has 0 N–H and O–H groups in total. The van der Waals surface area contributed by atoms with Gasteiger partial charge in [-0.2, -0.15) is 10.1 Å². The van der Waals surface area contributed by atoms with E-state index in [-0.39, 0.29) is 11.4 Å². The van der Waals surface area contributed by atoms with Gasteiger partial charge < -0.3 is 9.26 Å². The average Bonchev–Trinajstić information content (AvgIpc) is 3.34. The molecule has 198 valence electrons. The van der Waals surface area contributed by atoms with Crippen LogP contribution in [0.3, 0.4) is 0 Å². The molecule has 1 aromatic carbocycles. The van der Waals surface area contributed by atoms with E-state index >= 15 is 0 Å². The van der Waals surface area contributed by atoms with Gasteiger partial charge in [-0.15, -0.1) is 0 Å².